The van der Waals surface area contributed by atoms with Crippen LogP contribution in [0.3, 0.4) is 0 Å². The summed E-state index contributed by atoms with van der Waals surface area (Å²) in [7, 11) is 0. The van der Waals surface area contributed by atoms with Crippen molar-refractivity contribution in [3.8, 4) is 0 Å². The molecule has 1 aliphatic rings. The van der Waals surface area contributed by atoms with Crippen LogP contribution in [0.4, 0.5) is 11.4 Å². The van der Waals surface area contributed by atoms with Gasteiger partial charge in [0.2, 0.25) is 11.8 Å². The molecule has 0 bridgehead atoms. The van der Waals surface area contributed by atoms with Crippen LogP contribution >= 0.6 is 0 Å². The molecule has 0 saturated heterocycles. The van der Waals surface area contributed by atoms with E-state index in [4.69, 9.17) is 5.73 Å². The zero-order valence-electron chi connectivity index (χ0n) is 13.1. The van der Waals surface area contributed by atoms with Gasteiger partial charge in [0.05, 0.1) is 6.04 Å². The molecule has 0 aliphatic heterocycles. The maximum Gasteiger partial charge on any atom is 0.241 e. The van der Waals surface area contributed by atoms with Crippen LogP contribution in [0.25, 0.3) is 0 Å². The Morgan fingerprint density at radius 3 is 2.18 bits per heavy atom. The summed E-state index contributed by atoms with van der Waals surface area (Å²) >= 11 is 0. The number of nitrogens with two attached hydrogens (primary N) is 1. The average Bonchev–Trinajstić information content (AvgIpc) is 2.49. The molecule has 0 radical (unpaired) electrons. The zero-order valence-corrected chi connectivity index (χ0v) is 13.1. The lowest BCUT2D eigenvalue weighted by atomic mass is 9.85. The number of carbonyl (C=O) groups is 2. The summed E-state index contributed by atoms with van der Waals surface area (Å²) in [5.74, 6) is 0.320. The highest BCUT2D eigenvalue weighted by Gasteiger charge is 2.21. The first-order valence-electron chi connectivity index (χ1n) is 7.98. The second-order valence-corrected chi connectivity index (χ2v) is 6.09. The van der Waals surface area contributed by atoms with Gasteiger partial charge in [0.25, 0.3) is 0 Å². The molecule has 0 aromatic heterocycles. The summed E-state index contributed by atoms with van der Waals surface area (Å²) in [6.45, 7) is 1.46. The van der Waals surface area contributed by atoms with Crippen molar-refractivity contribution in [2.24, 2.45) is 11.7 Å². The number of rotatable bonds is 5. The Balaban J connectivity index is 1.83. The predicted octanol–water partition coefficient (Wildman–Crippen LogP) is 2.88. The van der Waals surface area contributed by atoms with Crippen molar-refractivity contribution in [1.29, 1.82) is 0 Å². The molecule has 0 spiro atoms. The van der Waals surface area contributed by atoms with E-state index in [0.29, 0.717) is 17.3 Å². The number of nitrogens with one attached hydrogen (secondary N) is 2. The molecular formula is C17H25N3O2. The van der Waals surface area contributed by atoms with Crippen molar-refractivity contribution in [2.75, 3.05) is 10.6 Å². The number of hydrogen-bond acceptors (Lipinski definition) is 3. The molecule has 1 unspecified atom stereocenters. The van der Waals surface area contributed by atoms with Gasteiger partial charge in [-0.1, -0.05) is 32.1 Å². The van der Waals surface area contributed by atoms with Gasteiger partial charge in [-0.2, -0.15) is 0 Å². The molecule has 120 valence electrons. The normalized spacial score (nSPS) is 16.8. The molecule has 0 heterocycles. The SMILES string of the molecule is CC(=O)Nc1ccc(NC(=O)C(N)CC2CCCCC2)cc1. The third-order valence-electron chi connectivity index (χ3n) is 4.12. The second kappa shape index (κ2) is 7.94. The highest BCUT2D eigenvalue weighted by molar-refractivity contribution is 5.95. The van der Waals surface area contributed by atoms with Gasteiger partial charge in [-0.3, -0.25) is 9.59 Å². The Hall–Kier alpha value is -1.88. The molecule has 1 atom stereocenters. The highest BCUT2D eigenvalue weighted by atomic mass is 16.2. The van der Waals surface area contributed by atoms with Crippen LogP contribution in [0.1, 0.15) is 45.4 Å². The highest BCUT2D eigenvalue weighted by Crippen LogP contribution is 2.27. The van der Waals surface area contributed by atoms with E-state index in [1.54, 1.807) is 24.3 Å². The first-order chi connectivity index (χ1) is 10.5. The van der Waals surface area contributed by atoms with Crippen LogP contribution in [0.2, 0.25) is 0 Å². The fourth-order valence-corrected chi connectivity index (χ4v) is 2.96. The van der Waals surface area contributed by atoms with Crippen molar-refractivity contribution < 1.29 is 9.59 Å². The topological polar surface area (TPSA) is 84.2 Å². The first-order valence-corrected chi connectivity index (χ1v) is 7.98. The van der Waals surface area contributed by atoms with E-state index in [0.717, 1.165) is 6.42 Å². The van der Waals surface area contributed by atoms with Crippen LogP contribution in [0.15, 0.2) is 24.3 Å². The largest absolute Gasteiger partial charge is 0.326 e. The second-order valence-electron chi connectivity index (χ2n) is 6.09. The van der Waals surface area contributed by atoms with E-state index in [1.165, 1.54) is 39.0 Å². The summed E-state index contributed by atoms with van der Waals surface area (Å²) in [6.07, 6.45) is 6.94. The van der Waals surface area contributed by atoms with E-state index in [-0.39, 0.29) is 11.8 Å². The van der Waals surface area contributed by atoms with Gasteiger partial charge >= 0.3 is 0 Å². The third kappa shape index (κ3) is 5.15. The Morgan fingerprint density at radius 1 is 1.09 bits per heavy atom. The van der Waals surface area contributed by atoms with Gasteiger partial charge in [-0.25, -0.2) is 0 Å². The van der Waals surface area contributed by atoms with Gasteiger partial charge in [-0.05, 0) is 36.6 Å². The molecule has 5 heteroatoms. The molecule has 1 fully saturated rings. The van der Waals surface area contributed by atoms with Gasteiger partial charge < -0.3 is 16.4 Å². The van der Waals surface area contributed by atoms with Gasteiger partial charge in [0, 0.05) is 18.3 Å². The van der Waals surface area contributed by atoms with E-state index >= 15 is 0 Å². The van der Waals surface area contributed by atoms with Gasteiger partial charge in [0.15, 0.2) is 0 Å². The minimum Gasteiger partial charge on any atom is -0.326 e. The number of amides is 2. The van der Waals surface area contributed by atoms with E-state index < -0.39 is 6.04 Å². The average molecular weight is 303 g/mol. The number of hydrogen-bond donors (Lipinski definition) is 3. The van der Waals surface area contributed by atoms with Gasteiger partial charge in [-0.15, -0.1) is 0 Å². The van der Waals surface area contributed by atoms with Crippen molar-refractivity contribution in [2.45, 2.75) is 51.5 Å². The van der Waals surface area contributed by atoms with E-state index in [9.17, 15) is 9.59 Å². The molecule has 1 aromatic rings. The predicted molar refractivity (Wildman–Crippen MR) is 88.5 cm³/mol. The summed E-state index contributed by atoms with van der Waals surface area (Å²) in [5.41, 5.74) is 7.42. The quantitative estimate of drug-likeness (QED) is 0.782. The molecule has 1 aromatic carbocycles. The summed E-state index contributed by atoms with van der Waals surface area (Å²) in [6, 6.07) is 6.57. The summed E-state index contributed by atoms with van der Waals surface area (Å²) in [4.78, 5) is 23.1. The summed E-state index contributed by atoms with van der Waals surface area (Å²) in [5, 5.41) is 5.52. The van der Waals surface area contributed by atoms with Crippen LogP contribution in [0, 0.1) is 5.92 Å². The lowest BCUT2D eigenvalue weighted by Crippen LogP contribution is -2.37. The Morgan fingerprint density at radius 2 is 1.64 bits per heavy atom. The van der Waals surface area contributed by atoms with Crippen LogP contribution in [-0.2, 0) is 9.59 Å². The standard InChI is InChI=1S/C17H25N3O2/c1-12(21)19-14-7-9-15(10-8-14)20-17(22)16(18)11-13-5-3-2-4-6-13/h7-10,13,16H,2-6,11,18H2,1H3,(H,19,21)(H,20,22). The molecule has 1 saturated carbocycles. The molecule has 2 rings (SSSR count). The van der Waals surface area contributed by atoms with Crippen molar-refractivity contribution in [3.05, 3.63) is 24.3 Å². The molecule has 4 N–H and O–H groups in total. The molecular weight excluding hydrogens is 278 g/mol. The fourth-order valence-electron chi connectivity index (χ4n) is 2.96. The maximum atomic E-state index is 12.1. The zero-order chi connectivity index (χ0) is 15.9. The summed E-state index contributed by atoms with van der Waals surface area (Å²) < 4.78 is 0. The fraction of sp³-hybridized carbons (Fsp3) is 0.529. The Kier molecular flexibility index (Phi) is 5.95. The minimum atomic E-state index is -0.460. The van der Waals surface area contributed by atoms with E-state index in [1.807, 2.05) is 0 Å². The van der Waals surface area contributed by atoms with Gasteiger partial charge in [0.1, 0.15) is 0 Å². The monoisotopic (exact) mass is 303 g/mol. The number of carbonyl (C=O) groups excluding carboxylic acids is 2. The number of anilines is 2. The van der Waals surface area contributed by atoms with Crippen LogP contribution in [-0.4, -0.2) is 17.9 Å². The molecule has 1 aliphatic carbocycles. The van der Waals surface area contributed by atoms with Crippen molar-refractivity contribution in [3.63, 3.8) is 0 Å². The minimum absolute atomic E-state index is 0.119. The van der Waals surface area contributed by atoms with Crippen LogP contribution in [0.5, 0.6) is 0 Å². The van der Waals surface area contributed by atoms with Crippen molar-refractivity contribution >= 4 is 23.2 Å². The smallest absolute Gasteiger partial charge is 0.241 e. The lowest BCUT2D eigenvalue weighted by molar-refractivity contribution is -0.118. The molecule has 2 amide bonds. The maximum absolute atomic E-state index is 12.1. The van der Waals surface area contributed by atoms with Crippen LogP contribution < -0.4 is 16.4 Å². The molecule has 22 heavy (non-hydrogen) atoms. The lowest BCUT2D eigenvalue weighted by Gasteiger charge is -2.24. The first kappa shape index (κ1) is 16.5. The Labute approximate surface area is 131 Å². The Bertz CT molecular complexity index is 507. The molecule has 5 nitrogen and oxygen atoms in total. The van der Waals surface area contributed by atoms with Crippen molar-refractivity contribution in [1.82, 2.24) is 0 Å². The third-order valence-corrected chi connectivity index (χ3v) is 4.12. The number of benzene rings is 1. The van der Waals surface area contributed by atoms with E-state index in [2.05, 4.69) is 10.6 Å².